The SMILES string of the molecule is Cc1nc(-c2cccnc2)sc1-c1nc(C(=O)NC(C)(C)C)cs1. The number of aryl methyl sites for hydroxylation is 1. The third-order valence-corrected chi connectivity index (χ3v) is 5.33. The van der Waals surface area contributed by atoms with Crippen molar-refractivity contribution in [1.29, 1.82) is 0 Å². The molecule has 0 saturated heterocycles. The highest BCUT2D eigenvalue weighted by Gasteiger charge is 2.20. The third-order valence-electron chi connectivity index (χ3n) is 3.12. The molecule has 1 amide bonds. The van der Waals surface area contributed by atoms with Crippen LogP contribution < -0.4 is 5.32 Å². The third kappa shape index (κ3) is 3.68. The van der Waals surface area contributed by atoms with Crippen LogP contribution in [0.3, 0.4) is 0 Å². The van der Waals surface area contributed by atoms with Gasteiger partial charge in [-0.3, -0.25) is 9.78 Å². The van der Waals surface area contributed by atoms with Crippen molar-refractivity contribution in [2.75, 3.05) is 0 Å². The molecule has 24 heavy (non-hydrogen) atoms. The van der Waals surface area contributed by atoms with Crippen molar-refractivity contribution in [3.8, 4) is 20.5 Å². The van der Waals surface area contributed by atoms with Gasteiger partial charge < -0.3 is 5.32 Å². The second-order valence-electron chi connectivity index (χ2n) is 6.42. The van der Waals surface area contributed by atoms with Gasteiger partial charge in [-0.15, -0.1) is 22.7 Å². The maximum absolute atomic E-state index is 12.2. The number of hydrogen-bond acceptors (Lipinski definition) is 6. The van der Waals surface area contributed by atoms with Gasteiger partial charge in [0.15, 0.2) is 0 Å². The summed E-state index contributed by atoms with van der Waals surface area (Å²) in [6.45, 7) is 7.81. The minimum absolute atomic E-state index is 0.153. The van der Waals surface area contributed by atoms with E-state index in [4.69, 9.17) is 0 Å². The minimum Gasteiger partial charge on any atom is -0.346 e. The van der Waals surface area contributed by atoms with Gasteiger partial charge in [0.25, 0.3) is 5.91 Å². The first-order chi connectivity index (χ1) is 11.3. The number of amides is 1. The molecular formula is C17H18N4OS2. The summed E-state index contributed by atoms with van der Waals surface area (Å²) in [5.41, 5.74) is 2.06. The molecule has 0 bridgehead atoms. The van der Waals surface area contributed by atoms with Crippen LogP contribution in [0.15, 0.2) is 29.9 Å². The summed E-state index contributed by atoms with van der Waals surface area (Å²) < 4.78 is 0. The summed E-state index contributed by atoms with van der Waals surface area (Å²) >= 11 is 3.03. The van der Waals surface area contributed by atoms with Gasteiger partial charge in [0.1, 0.15) is 15.7 Å². The van der Waals surface area contributed by atoms with E-state index in [2.05, 4.69) is 20.3 Å². The first-order valence-electron chi connectivity index (χ1n) is 7.50. The zero-order valence-electron chi connectivity index (χ0n) is 14.0. The van der Waals surface area contributed by atoms with E-state index < -0.39 is 0 Å². The standard InChI is InChI=1S/C17H18N4OS2/c1-10-13(24-15(19-10)11-6-5-7-18-8-11)16-20-12(9-23-16)14(22)21-17(2,3)4/h5-9H,1-4H3,(H,21,22). The number of aromatic nitrogens is 3. The van der Waals surface area contributed by atoms with Crippen molar-refractivity contribution in [3.05, 3.63) is 41.3 Å². The maximum atomic E-state index is 12.2. The number of carbonyl (C=O) groups is 1. The molecule has 3 aromatic rings. The highest BCUT2D eigenvalue weighted by atomic mass is 32.1. The molecule has 0 unspecified atom stereocenters. The molecule has 0 aliphatic carbocycles. The van der Waals surface area contributed by atoms with Crippen LogP contribution in [0.1, 0.15) is 37.0 Å². The van der Waals surface area contributed by atoms with Gasteiger partial charge in [0.2, 0.25) is 0 Å². The number of carbonyl (C=O) groups excluding carboxylic acids is 1. The van der Waals surface area contributed by atoms with Crippen LogP contribution in [-0.2, 0) is 0 Å². The van der Waals surface area contributed by atoms with Crippen LogP contribution in [0, 0.1) is 6.92 Å². The first kappa shape index (κ1) is 16.7. The predicted octanol–water partition coefficient (Wildman–Crippen LogP) is 4.17. The second kappa shape index (κ2) is 6.41. The largest absolute Gasteiger partial charge is 0.346 e. The number of rotatable bonds is 3. The van der Waals surface area contributed by atoms with Crippen LogP contribution in [0.5, 0.6) is 0 Å². The summed E-state index contributed by atoms with van der Waals surface area (Å²) in [5, 5.41) is 6.45. The fourth-order valence-corrected chi connectivity index (χ4v) is 4.09. The number of nitrogens with one attached hydrogen (secondary N) is 1. The molecule has 0 aliphatic heterocycles. The van der Waals surface area contributed by atoms with E-state index in [9.17, 15) is 4.79 Å². The average molecular weight is 358 g/mol. The summed E-state index contributed by atoms with van der Waals surface area (Å²) in [5.74, 6) is -0.153. The number of nitrogens with zero attached hydrogens (tertiary/aromatic N) is 3. The average Bonchev–Trinajstić information content (AvgIpc) is 3.13. The van der Waals surface area contributed by atoms with Crippen LogP contribution in [0.4, 0.5) is 0 Å². The van der Waals surface area contributed by atoms with Gasteiger partial charge in [-0.2, -0.15) is 0 Å². The molecule has 0 aliphatic rings. The Balaban J connectivity index is 1.88. The Morgan fingerprint density at radius 1 is 1.21 bits per heavy atom. The molecule has 0 saturated carbocycles. The monoisotopic (exact) mass is 358 g/mol. The van der Waals surface area contributed by atoms with Crippen molar-refractivity contribution in [2.45, 2.75) is 33.2 Å². The number of pyridine rings is 1. The molecule has 1 N–H and O–H groups in total. The lowest BCUT2D eigenvalue weighted by molar-refractivity contribution is 0.0915. The zero-order valence-corrected chi connectivity index (χ0v) is 15.6. The second-order valence-corrected chi connectivity index (χ2v) is 8.27. The van der Waals surface area contributed by atoms with Crippen molar-refractivity contribution >= 4 is 28.6 Å². The van der Waals surface area contributed by atoms with E-state index in [1.165, 1.54) is 11.3 Å². The van der Waals surface area contributed by atoms with E-state index >= 15 is 0 Å². The highest BCUT2D eigenvalue weighted by molar-refractivity contribution is 7.23. The number of hydrogen-bond donors (Lipinski definition) is 1. The smallest absolute Gasteiger partial charge is 0.271 e. The lowest BCUT2D eigenvalue weighted by Crippen LogP contribution is -2.40. The Morgan fingerprint density at radius 2 is 2.00 bits per heavy atom. The van der Waals surface area contributed by atoms with Gasteiger partial charge in [-0.1, -0.05) is 0 Å². The quantitative estimate of drug-likeness (QED) is 0.763. The maximum Gasteiger partial charge on any atom is 0.271 e. The Bertz CT molecular complexity index is 862. The molecule has 3 heterocycles. The van der Waals surface area contributed by atoms with E-state index in [1.54, 1.807) is 29.1 Å². The number of thiazole rings is 2. The van der Waals surface area contributed by atoms with Gasteiger partial charge in [0, 0.05) is 28.9 Å². The summed E-state index contributed by atoms with van der Waals surface area (Å²) in [6.07, 6.45) is 3.54. The molecule has 0 fully saturated rings. The Hall–Kier alpha value is -2.12. The summed E-state index contributed by atoms with van der Waals surface area (Å²) in [7, 11) is 0. The van der Waals surface area contributed by atoms with Gasteiger partial charge >= 0.3 is 0 Å². The lowest BCUT2D eigenvalue weighted by Gasteiger charge is -2.19. The van der Waals surface area contributed by atoms with Gasteiger partial charge in [0.05, 0.1) is 10.6 Å². The normalized spacial score (nSPS) is 11.5. The van der Waals surface area contributed by atoms with Gasteiger partial charge in [-0.05, 0) is 39.8 Å². The first-order valence-corrected chi connectivity index (χ1v) is 9.19. The fraction of sp³-hybridized carbons (Fsp3) is 0.294. The van der Waals surface area contributed by atoms with Crippen LogP contribution in [0.25, 0.3) is 20.5 Å². The molecule has 124 valence electrons. The van der Waals surface area contributed by atoms with Gasteiger partial charge in [-0.25, -0.2) is 9.97 Å². The Kier molecular flexibility index (Phi) is 4.47. The molecule has 3 rings (SSSR count). The molecule has 0 atom stereocenters. The van der Waals surface area contributed by atoms with Crippen LogP contribution in [-0.4, -0.2) is 26.4 Å². The zero-order chi connectivity index (χ0) is 17.3. The minimum atomic E-state index is -0.283. The van der Waals surface area contributed by atoms with E-state index in [1.807, 2.05) is 39.8 Å². The lowest BCUT2D eigenvalue weighted by atomic mass is 10.1. The molecule has 0 radical (unpaired) electrons. The van der Waals surface area contributed by atoms with Crippen molar-refractivity contribution in [2.24, 2.45) is 0 Å². The van der Waals surface area contributed by atoms with E-state index in [0.717, 1.165) is 26.1 Å². The predicted molar refractivity (Wildman–Crippen MR) is 98.4 cm³/mol. The van der Waals surface area contributed by atoms with Crippen molar-refractivity contribution in [1.82, 2.24) is 20.3 Å². The Morgan fingerprint density at radius 3 is 2.67 bits per heavy atom. The van der Waals surface area contributed by atoms with Crippen LogP contribution >= 0.6 is 22.7 Å². The molecule has 5 nitrogen and oxygen atoms in total. The molecule has 3 aromatic heterocycles. The van der Waals surface area contributed by atoms with E-state index in [0.29, 0.717) is 5.69 Å². The van der Waals surface area contributed by atoms with Crippen molar-refractivity contribution < 1.29 is 4.79 Å². The fourth-order valence-electron chi connectivity index (χ4n) is 2.09. The van der Waals surface area contributed by atoms with Crippen molar-refractivity contribution in [3.63, 3.8) is 0 Å². The summed E-state index contributed by atoms with van der Waals surface area (Å²) in [4.78, 5) is 26.5. The highest BCUT2D eigenvalue weighted by Crippen LogP contribution is 2.36. The summed E-state index contributed by atoms with van der Waals surface area (Å²) in [6, 6.07) is 3.88. The Labute approximate surface area is 148 Å². The molecular weight excluding hydrogens is 340 g/mol. The van der Waals surface area contributed by atoms with Crippen LogP contribution in [0.2, 0.25) is 0 Å². The molecule has 0 spiro atoms. The molecule has 0 aromatic carbocycles. The van der Waals surface area contributed by atoms with E-state index in [-0.39, 0.29) is 11.4 Å². The molecule has 7 heteroatoms. The topological polar surface area (TPSA) is 67.8 Å².